The topological polar surface area (TPSA) is 3.24 Å². The third kappa shape index (κ3) is 9.00. The highest BCUT2D eigenvalue weighted by Crippen LogP contribution is 2.21. The number of rotatable bonds is 12. The van der Waals surface area contributed by atoms with Gasteiger partial charge in [-0.3, -0.25) is 0 Å². The summed E-state index contributed by atoms with van der Waals surface area (Å²) in [4.78, 5) is 2.76. The summed E-state index contributed by atoms with van der Waals surface area (Å²) < 4.78 is 0. The molecule has 0 radical (unpaired) electrons. The normalized spacial score (nSPS) is 16.9. The second-order valence-electron chi connectivity index (χ2n) is 6.93. The Labute approximate surface area is 128 Å². The van der Waals surface area contributed by atoms with Crippen molar-refractivity contribution in [1.29, 1.82) is 0 Å². The molecule has 0 aromatic rings. The van der Waals surface area contributed by atoms with Gasteiger partial charge in [0.1, 0.15) is 0 Å². The molecule has 1 saturated heterocycles. The fourth-order valence-corrected chi connectivity index (χ4v) is 3.55. The second kappa shape index (κ2) is 12.7. The first-order valence-corrected chi connectivity index (χ1v) is 9.59. The summed E-state index contributed by atoms with van der Waals surface area (Å²) in [7, 11) is 0. The van der Waals surface area contributed by atoms with E-state index in [1.54, 1.807) is 0 Å². The van der Waals surface area contributed by atoms with Crippen LogP contribution in [0.15, 0.2) is 0 Å². The molecule has 0 aromatic carbocycles. The molecule has 0 aromatic heterocycles. The van der Waals surface area contributed by atoms with Crippen LogP contribution in [0.4, 0.5) is 0 Å². The van der Waals surface area contributed by atoms with Crippen LogP contribution in [0.25, 0.3) is 0 Å². The van der Waals surface area contributed by atoms with Crippen molar-refractivity contribution < 1.29 is 0 Å². The Kier molecular flexibility index (Phi) is 11.4. The van der Waals surface area contributed by atoms with Gasteiger partial charge in [-0.15, -0.1) is 0 Å². The molecule has 1 rings (SSSR count). The third-order valence-electron chi connectivity index (χ3n) is 4.90. The van der Waals surface area contributed by atoms with E-state index in [1.165, 1.54) is 103 Å². The van der Waals surface area contributed by atoms with Crippen molar-refractivity contribution in [2.45, 2.75) is 97.3 Å². The molecule has 0 saturated carbocycles. The molecule has 1 aliphatic heterocycles. The molecule has 120 valence electrons. The molecule has 0 N–H and O–H groups in total. The van der Waals surface area contributed by atoms with Crippen LogP contribution in [-0.2, 0) is 0 Å². The van der Waals surface area contributed by atoms with Gasteiger partial charge in [-0.2, -0.15) is 0 Å². The molecule has 0 aliphatic carbocycles. The monoisotopic (exact) mass is 281 g/mol. The van der Waals surface area contributed by atoms with Gasteiger partial charge in [0.25, 0.3) is 0 Å². The average molecular weight is 282 g/mol. The Bertz CT molecular complexity index is 184. The van der Waals surface area contributed by atoms with Gasteiger partial charge in [0.05, 0.1) is 0 Å². The van der Waals surface area contributed by atoms with E-state index in [2.05, 4.69) is 18.7 Å². The quantitative estimate of drug-likeness (QED) is 0.395. The molecule has 0 bridgehead atoms. The minimum atomic E-state index is 0.988. The van der Waals surface area contributed by atoms with E-state index in [9.17, 15) is 0 Å². The zero-order valence-corrected chi connectivity index (χ0v) is 14.3. The smallest absolute Gasteiger partial charge is 0.000965 e. The maximum Gasteiger partial charge on any atom is 0.000965 e. The Morgan fingerprint density at radius 1 is 0.700 bits per heavy atom. The highest BCUT2D eigenvalue weighted by molar-refractivity contribution is 4.70. The van der Waals surface area contributed by atoms with Crippen molar-refractivity contribution in [2.75, 3.05) is 19.6 Å². The maximum atomic E-state index is 2.76. The maximum absolute atomic E-state index is 2.76. The lowest BCUT2D eigenvalue weighted by atomic mass is 9.93. The van der Waals surface area contributed by atoms with Gasteiger partial charge in [0.15, 0.2) is 0 Å². The average Bonchev–Trinajstić information content (AvgIpc) is 2.49. The molecule has 20 heavy (non-hydrogen) atoms. The van der Waals surface area contributed by atoms with Crippen molar-refractivity contribution in [3.05, 3.63) is 0 Å². The van der Waals surface area contributed by atoms with Crippen molar-refractivity contribution in [3.8, 4) is 0 Å². The van der Waals surface area contributed by atoms with Crippen LogP contribution < -0.4 is 0 Å². The van der Waals surface area contributed by atoms with Crippen LogP contribution in [0.5, 0.6) is 0 Å². The Balaban J connectivity index is 2.21. The summed E-state index contributed by atoms with van der Waals surface area (Å²) in [6.45, 7) is 8.78. The minimum absolute atomic E-state index is 0.988. The Morgan fingerprint density at radius 3 is 1.75 bits per heavy atom. The molecule has 1 nitrogen and oxygen atoms in total. The van der Waals surface area contributed by atoms with E-state index in [4.69, 9.17) is 0 Å². The van der Waals surface area contributed by atoms with Gasteiger partial charge in [0, 0.05) is 6.54 Å². The minimum Gasteiger partial charge on any atom is -0.303 e. The molecule has 0 unspecified atom stereocenters. The number of hydrogen-bond acceptors (Lipinski definition) is 1. The predicted molar refractivity (Wildman–Crippen MR) is 91.3 cm³/mol. The van der Waals surface area contributed by atoms with Gasteiger partial charge in [-0.25, -0.2) is 0 Å². The van der Waals surface area contributed by atoms with E-state index in [0.29, 0.717) is 0 Å². The lowest BCUT2D eigenvalue weighted by molar-refractivity contribution is 0.182. The van der Waals surface area contributed by atoms with Crippen LogP contribution in [0.2, 0.25) is 0 Å². The molecule has 0 spiro atoms. The number of piperidine rings is 1. The summed E-state index contributed by atoms with van der Waals surface area (Å²) in [5.41, 5.74) is 0. The standard InChI is InChI=1S/C19H39N/c1-3-5-7-10-14-19(15-11-8-6-4-2)18-20-16-12-9-13-17-20/h19H,3-18H2,1-2H3. The zero-order valence-electron chi connectivity index (χ0n) is 14.3. The number of likely N-dealkylation sites (tertiary alicyclic amines) is 1. The van der Waals surface area contributed by atoms with Crippen LogP contribution in [0.1, 0.15) is 97.3 Å². The summed E-state index contributed by atoms with van der Waals surface area (Å²) in [5.74, 6) is 0.988. The predicted octanol–water partition coefficient (Wildman–Crippen LogP) is 6.03. The van der Waals surface area contributed by atoms with Crippen LogP contribution in [0, 0.1) is 5.92 Å². The van der Waals surface area contributed by atoms with Crippen molar-refractivity contribution >= 4 is 0 Å². The van der Waals surface area contributed by atoms with Gasteiger partial charge in [-0.05, 0) is 44.7 Å². The van der Waals surface area contributed by atoms with Crippen molar-refractivity contribution in [2.24, 2.45) is 5.92 Å². The van der Waals surface area contributed by atoms with Crippen molar-refractivity contribution in [1.82, 2.24) is 4.90 Å². The molecule has 0 atom stereocenters. The summed E-state index contributed by atoms with van der Waals surface area (Å²) in [6, 6.07) is 0. The van der Waals surface area contributed by atoms with Crippen LogP contribution in [0.3, 0.4) is 0 Å². The van der Waals surface area contributed by atoms with Gasteiger partial charge >= 0.3 is 0 Å². The van der Waals surface area contributed by atoms with Crippen molar-refractivity contribution in [3.63, 3.8) is 0 Å². The summed E-state index contributed by atoms with van der Waals surface area (Å²) >= 11 is 0. The second-order valence-corrected chi connectivity index (χ2v) is 6.93. The first kappa shape index (κ1) is 18.0. The summed E-state index contributed by atoms with van der Waals surface area (Å²) in [6.07, 6.45) is 18.8. The molecule has 0 amide bonds. The fraction of sp³-hybridized carbons (Fsp3) is 1.00. The van der Waals surface area contributed by atoms with Crippen LogP contribution in [-0.4, -0.2) is 24.5 Å². The van der Waals surface area contributed by atoms with E-state index < -0.39 is 0 Å². The summed E-state index contributed by atoms with van der Waals surface area (Å²) in [5, 5.41) is 0. The molecule has 1 heterocycles. The molecular formula is C19H39N. The molecule has 1 heteroatoms. The highest BCUT2D eigenvalue weighted by Gasteiger charge is 2.16. The fourth-order valence-electron chi connectivity index (χ4n) is 3.55. The van der Waals surface area contributed by atoms with Gasteiger partial charge in [-0.1, -0.05) is 71.6 Å². The molecule has 1 fully saturated rings. The molecular weight excluding hydrogens is 242 g/mol. The van der Waals surface area contributed by atoms with E-state index in [0.717, 1.165) is 5.92 Å². The zero-order chi connectivity index (χ0) is 14.5. The SMILES string of the molecule is CCCCCCC(CCCCCC)CN1CCCCC1. The Morgan fingerprint density at radius 2 is 1.25 bits per heavy atom. The van der Waals surface area contributed by atoms with E-state index >= 15 is 0 Å². The third-order valence-corrected chi connectivity index (χ3v) is 4.90. The molecule has 1 aliphatic rings. The Hall–Kier alpha value is -0.0400. The number of nitrogens with zero attached hydrogens (tertiary/aromatic N) is 1. The lowest BCUT2D eigenvalue weighted by Gasteiger charge is -2.30. The number of hydrogen-bond donors (Lipinski definition) is 0. The first-order chi connectivity index (χ1) is 9.86. The number of unbranched alkanes of at least 4 members (excludes halogenated alkanes) is 6. The van der Waals surface area contributed by atoms with E-state index in [-0.39, 0.29) is 0 Å². The van der Waals surface area contributed by atoms with Gasteiger partial charge in [0.2, 0.25) is 0 Å². The highest BCUT2D eigenvalue weighted by atomic mass is 15.1. The largest absolute Gasteiger partial charge is 0.303 e. The van der Waals surface area contributed by atoms with Crippen LogP contribution >= 0.6 is 0 Å². The lowest BCUT2D eigenvalue weighted by Crippen LogP contribution is -2.34. The van der Waals surface area contributed by atoms with E-state index in [1.807, 2.05) is 0 Å². The van der Waals surface area contributed by atoms with Gasteiger partial charge < -0.3 is 4.90 Å². The first-order valence-electron chi connectivity index (χ1n) is 9.59.